The summed E-state index contributed by atoms with van der Waals surface area (Å²) >= 11 is 0. The van der Waals surface area contributed by atoms with Crippen LogP contribution in [-0.4, -0.2) is 28.5 Å². The van der Waals surface area contributed by atoms with Crippen LogP contribution in [-0.2, 0) is 11.3 Å². The Morgan fingerprint density at radius 2 is 2.18 bits per heavy atom. The molecule has 0 aliphatic heterocycles. The van der Waals surface area contributed by atoms with Crippen LogP contribution < -0.4 is 10.1 Å². The number of benzene rings is 1. The highest BCUT2D eigenvalue weighted by Gasteiger charge is 2.29. The van der Waals surface area contributed by atoms with Gasteiger partial charge in [-0.25, -0.2) is 0 Å². The van der Waals surface area contributed by atoms with Gasteiger partial charge < -0.3 is 10.1 Å². The number of alkyl halides is 3. The maximum atomic E-state index is 12.3. The van der Waals surface area contributed by atoms with Crippen LogP contribution in [0, 0.1) is 6.92 Å². The highest BCUT2D eigenvalue weighted by Crippen LogP contribution is 2.27. The van der Waals surface area contributed by atoms with Crippen LogP contribution in [0.4, 0.5) is 18.9 Å². The molecule has 2 aromatic rings. The number of rotatable bonds is 5. The molecule has 0 saturated heterocycles. The molecule has 0 aliphatic rings. The number of carbonyl (C=O) groups is 1. The van der Waals surface area contributed by atoms with E-state index in [2.05, 4.69) is 10.4 Å². The number of nitrogens with one attached hydrogen (secondary N) is 1. The van der Waals surface area contributed by atoms with Gasteiger partial charge in [-0.3, -0.25) is 9.48 Å². The SMILES string of the molecule is Cc1ccc(NC(=O)Cn2cccn2)c(OCC(F)(F)F)c1. The van der Waals surface area contributed by atoms with Crippen LogP contribution in [0.15, 0.2) is 36.7 Å². The van der Waals surface area contributed by atoms with Gasteiger partial charge in [0.05, 0.1) is 5.69 Å². The summed E-state index contributed by atoms with van der Waals surface area (Å²) in [6, 6.07) is 6.28. The number of aromatic nitrogens is 2. The van der Waals surface area contributed by atoms with Crippen molar-refractivity contribution in [3.63, 3.8) is 0 Å². The van der Waals surface area contributed by atoms with Gasteiger partial charge in [0.1, 0.15) is 12.3 Å². The molecule has 1 aromatic heterocycles. The fraction of sp³-hybridized carbons (Fsp3) is 0.286. The Balaban J connectivity index is 2.07. The van der Waals surface area contributed by atoms with Crippen LogP contribution in [0.25, 0.3) is 0 Å². The maximum Gasteiger partial charge on any atom is 0.422 e. The summed E-state index contributed by atoms with van der Waals surface area (Å²) in [5, 5.41) is 6.40. The van der Waals surface area contributed by atoms with E-state index in [9.17, 15) is 18.0 Å². The number of hydrogen-bond donors (Lipinski definition) is 1. The van der Waals surface area contributed by atoms with E-state index in [4.69, 9.17) is 4.74 Å². The van der Waals surface area contributed by atoms with E-state index in [1.807, 2.05) is 0 Å². The molecule has 0 radical (unpaired) electrons. The Bertz CT molecular complexity index is 639. The topological polar surface area (TPSA) is 56.2 Å². The fourth-order valence-corrected chi connectivity index (χ4v) is 1.74. The molecule has 1 N–H and O–H groups in total. The van der Waals surface area contributed by atoms with Crippen molar-refractivity contribution in [3.8, 4) is 5.75 Å². The lowest BCUT2D eigenvalue weighted by molar-refractivity contribution is -0.153. The number of carbonyl (C=O) groups excluding carboxylic acids is 1. The van der Waals surface area contributed by atoms with E-state index in [0.29, 0.717) is 0 Å². The third kappa shape index (κ3) is 4.80. The number of hydrogen-bond acceptors (Lipinski definition) is 3. The van der Waals surface area contributed by atoms with Crippen LogP contribution in [0.3, 0.4) is 0 Å². The molecule has 0 saturated carbocycles. The number of ether oxygens (including phenoxy) is 1. The van der Waals surface area contributed by atoms with Crippen molar-refractivity contribution in [3.05, 3.63) is 42.2 Å². The van der Waals surface area contributed by atoms with Gasteiger partial charge in [-0.2, -0.15) is 18.3 Å². The number of aryl methyl sites for hydroxylation is 1. The molecule has 5 nitrogen and oxygen atoms in total. The molecule has 2 rings (SSSR count). The Labute approximate surface area is 124 Å². The van der Waals surface area contributed by atoms with Gasteiger partial charge in [0.25, 0.3) is 0 Å². The Morgan fingerprint density at radius 1 is 1.41 bits per heavy atom. The zero-order chi connectivity index (χ0) is 16.2. The number of anilines is 1. The first-order valence-corrected chi connectivity index (χ1v) is 6.41. The van der Waals surface area contributed by atoms with Crippen LogP contribution in [0.2, 0.25) is 0 Å². The van der Waals surface area contributed by atoms with Gasteiger partial charge >= 0.3 is 6.18 Å². The van der Waals surface area contributed by atoms with Crippen molar-refractivity contribution in [1.29, 1.82) is 0 Å². The van der Waals surface area contributed by atoms with Crippen molar-refractivity contribution in [1.82, 2.24) is 9.78 Å². The zero-order valence-corrected chi connectivity index (χ0v) is 11.7. The normalized spacial score (nSPS) is 11.3. The predicted molar refractivity (Wildman–Crippen MR) is 73.6 cm³/mol. The molecule has 0 aliphatic carbocycles. The summed E-state index contributed by atoms with van der Waals surface area (Å²) in [4.78, 5) is 11.9. The lowest BCUT2D eigenvalue weighted by atomic mass is 10.2. The fourth-order valence-electron chi connectivity index (χ4n) is 1.74. The monoisotopic (exact) mass is 313 g/mol. The lowest BCUT2D eigenvalue weighted by Crippen LogP contribution is -2.22. The Hall–Kier alpha value is -2.51. The third-order valence-electron chi connectivity index (χ3n) is 2.67. The molecule has 1 aromatic carbocycles. The zero-order valence-electron chi connectivity index (χ0n) is 11.7. The standard InChI is InChI=1S/C14H14F3N3O2/c1-10-3-4-11(12(7-10)22-9-14(15,16)17)19-13(21)8-20-6-2-5-18-20/h2-7H,8-9H2,1H3,(H,19,21). The first kappa shape index (κ1) is 15.9. The minimum Gasteiger partial charge on any atom is -0.482 e. The van der Waals surface area contributed by atoms with E-state index in [0.717, 1.165) is 5.56 Å². The van der Waals surface area contributed by atoms with Gasteiger partial charge in [0.15, 0.2) is 6.61 Å². The molecule has 0 fully saturated rings. The van der Waals surface area contributed by atoms with E-state index in [-0.39, 0.29) is 18.0 Å². The Morgan fingerprint density at radius 3 is 2.82 bits per heavy atom. The number of halogens is 3. The molecule has 0 bridgehead atoms. The molecule has 8 heteroatoms. The lowest BCUT2D eigenvalue weighted by Gasteiger charge is -2.14. The second-order valence-corrected chi connectivity index (χ2v) is 4.66. The van der Waals surface area contributed by atoms with Crippen molar-refractivity contribution < 1.29 is 22.7 Å². The highest BCUT2D eigenvalue weighted by atomic mass is 19.4. The van der Waals surface area contributed by atoms with E-state index in [1.165, 1.54) is 23.0 Å². The largest absolute Gasteiger partial charge is 0.482 e. The summed E-state index contributed by atoms with van der Waals surface area (Å²) in [6.07, 6.45) is -1.31. The molecule has 1 amide bonds. The molecule has 0 unspecified atom stereocenters. The van der Waals surface area contributed by atoms with E-state index < -0.39 is 18.7 Å². The molecule has 0 spiro atoms. The van der Waals surface area contributed by atoms with Crippen molar-refractivity contribution in [2.45, 2.75) is 19.6 Å². The summed E-state index contributed by atoms with van der Waals surface area (Å²) < 4.78 is 43.0. The number of nitrogens with zero attached hydrogens (tertiary/aromatic N) is 2. The van der Waals surface area contributed by atoms with E-state index >= 15 is 0 Å². The van der Waals surface area contributed by atoms with Crippen LogP contribution >= 0.6 is 0 Å². The summed E-state index contributed by atoms with van der Waals surface area (Å²) in [5.41, 5.74) is 0.911. The van der Waals surface area contributed by atoms with Crippen molar-refractivity contribution in [2.24, 2.45) is 0 Å². The maximum absolute atomic E-state index is 12.3. The van der Waals surface area contributed by atoms with Gasteiger partial charge in [-0.05, 0) is 30.7 Å². The molecular weight excluding hydrogens is 299 g/mol. The van der Waals surface area contributed by atoms with Crippen LogP contribution in [0.1, 0.15) is 5.56 Å². The molecule has 22 heavy (non-hydrogen) atoms. The average molecular weight is 313 g/mol. The van der Waals surface area contributed by atoms with E-state index in [1.54, 1.807) is 25.3 Å². The average Bonchev–Trinajstić information content (AvgIpc) is 2.91. The first-order valence-electron chi connectivity index (χ1n) is 6.41. The second kappa shape index (κ2) is 6.50. The third-order valence-corrected chi connectivity index (χ3v) is 2.67. The van der Waals surface area contributed by atoms with Gasteiger partial charge in [0, 0.05) is 12.4 Å². The minimum absolute atomic E-state index is 0.0221. The molecule has 118 valence electrons. The summed E-state index contributed by atoms with van der Waals surface area (Å²) in [5.74, 6) is -0.435. The molecular formula is C14H14F3N3O2. The first-order chi connectivity index (χ1) is 10.3. The summed E-state index contributed by atoms with van der Waals surface area (Å²) in [7, 11) is 0. The molecule has 0 atom stereocenters. The van der Waals surface area contributed by atoms with Gasteiger partial charge in [-0.15, -0.1) is 0 Å². The minimum atomic E-state index is -4.44. The summed E-state index contributed by atoms with van der Waals surface area (Å²) in [6.45, 7) is 0.258. The smallest absolute Gasteiger partial charge is 0.422 e. The van der Waals surface area contributed by atoms with Gasteiger partial charge in [-0.1, -0.05) is 6.07 Å². The second-order valence-electron chi connectivity index (χ2n) is 4.66. The predicted octanol–water partition coefficient (Wildman–Crippen LogP) is 2.77. The number of amides is 1. The quantitative estimate of drug-likeness (QED) is 0.923. The van der Waals surface area contributed by atoms with Crippen molar-refractivity contribution in [2.75, 3.05) is 11.9 Å². The highest BCUT2D eigenvalue weighted by molar-refractivity contribution is 5.92. The Kier molecular flexibility index (Phi) is 4.69. The van der Waals surface area contributed by atoms with Crippen molar-refractivity contribution >= 4 is 11.6 Å². The van der Waals surface area contributed by atoms with Crippen LogP contribution in [0.5, 0.6) is 5.75 Å². The van der Waals surface area contributed by atoms with Gasteiger partial charge in [0.2, 0.25) is 5.91 Å². The molecule has 1 heterocycles.